The standard InChI is InChI=1S/C15H20BrF2N/c1-9-6-14(2,3)8-15(19,7-9)12-11(17)5-4-10(16)13(12)18/h4-5,9H,6-8,19H2,1-3H3. The fourth-order valence-corrected chi connectivity index (χ4v) is 4.14. The molecule has 2 rings (SSSR count). The first-order valence-electron chi connectivity index (χ1n) is 6.57. The Balaban J connectivity index is 2.53. The highest BCUT2D eigenvalue weighted by molar-refractivity contribution is 9.10. The van der Waals surface area contributed by atoms with Crippen molar-refractivity contribution in [2.75, 3.05) is 0 Å². The molecule has 1 aromatic carbocycles. The van der Waals surface area contributed by atoms with Gasteiger partial charge in [-0.25, -0.2) is 8.78 Å². The molecule has 0 bridgehead atoms. The van der Waals surface area contributed by atoms with Gasteiger partial charge < -0.3 is 5.73 Å². The summed E-state index contributed by atoms with van der Waals surface area (Å²) in [5.74, 6) is -0.757. The van der Waals surface area contributed by atoms with Crippen molar-refractivity contribution < 1.29 is 8.78 Å². The Bertz CT molecular complexity index is 501. The van der Waals surface area contributed by atoms with E-state index in [-0.39, 0.29) is 15.5 Å². The Morgan fingerprint density at radius 1 is 1.26 bits per heavy atom. The van der Waals surface area contributed by atoms with Crippen molar-refractivity contribution in [3.63, 3.8) is 0 Å². The predicted molar refractivity (Wildman–Crippen MR) is 76.7 cm³/mol. The molecule has 2 atom stereocenters. The quantitative estimate of drug-likeness (QED) is 0.740. The number of rotatable bonds is 1. The van der Waals surface area contributed by atoms with Crippen LogP contribution in [0.1, 0.15) is 45.6 Å². The summed E-state index contributed by atoms with van der Waals surface area (Å²) in [7, 11) is 0. The molecule has 0 heterocycles. The number of nitrogens with two attached hydrogens (primary N) is 1. The molecule has 1 nitrogen and oxygen atoms in total. The summed E-state index contributed by atoms with van der Waals surface area (Å²) >= 11 is 3.12. The number of halogens is 3. The van der Waals surface area contributed by atoms with Crippen LogP contribution in [0.3, 0.4) is 0 Å². The van der Waals surface area contributed by atoms with Crippen molar-refractivity contribution in [1.82, 2.24) is 0 Å². The maximum absolute atomic E-state index is 14.3. The van der Waals surface area contributed by atoms with Crippen LogP contribution >= 0.6 is 15.9 Å². The van der Waals surface area contributed by atoms with Gasteiger partial charge in [-0.15, -0.1) is 0 Å². The molecule has 0 aromatic heterocycles. The van der Waals surface area contributed by atoms with Crippen LogP contribution in [0.15, 0.2) is 16.6 Å². The van der Waals surface area contributed by atoms with Crippen molar-refractivity contribution in [3.05, 3.63) is 33.8 Å². The zero-order valence-electron chi connectivity index (χ0n) is 11.6. The number of benzene rings is 1. The Labute approximate surface area is 121 Å². The van der Waals surface area contributed by atoms with Crippen LogP contribution in [0.2, 0.25) is 0 Å². The summed E-state index contributed by atoms with van der Waals surface area (Å²) in [6.45, 7) is 6.31. The molecule has 1 aliphatic rings. The minimum absolute atomic E-state index is 0.00634. The minimum atomic E-state index is -0.931. The van der Waals surface area contributed by atoms with E-state index in [0.29, 0.717) is 18.8 Å². The molecule has 106 valence electrons. The van der Waals surface area contributed by atoms with Gasteiger partial charge in [-0.05, 0) is 58.7 Å². The van der Waals surface area contributed by atoms with E-state index in [2.05, 4.69) is 36.7 Å². The van der Waals surface area contributed by atoms with Crippen LogP contribution in [-0.4, -0.2) is 0 Å². The lowest BCUT2D eigenvalue weighted by Gasteiger charge is -2.46. The highest BCUT2D eigenvalue weighted by Gasteiger charge is 2.44. The Hall–Kier alpha value is -0.480. The van der Waals surface area contributed by atoms with E-state index in [9.17, 15) is 8.78 Å². The molecular weight excluding hydrogens is 312 g/mol. The Morgan fingerprint density at radius 3 is 2.47 bits per heavy atom. The van der Waals surface area contributed by atoms with Gasteiger partial charge in [0.15, 0.2) is 0 Å². The van der Waals surface area contributed by atoms with Gasteiger partial charge >= 0.3 is 0 Å². The second-order valence-corrected chi connectivity index (χ2v) is 7.58. The molecule has 0 amide bonds. The van der Waals surface area contributed by atoms with Gasteiger partial charge in [0.05, 0.1) is 4.47 Å². The first kappa shape index (κ1) is 14.9. The van der Waals surface area contributed by atoms with Crippen molar-refractivity contribution in [2.24, 2.45) is 17.1 Å². The lowest BCUT2D eigenvalue weighted by atomic mass is 9.62. The average molecular weight is 332 g/mol. The van der Waals surface area contributed by atoms with Gasteiger partial charge in [-0.1, -0.05) is 20.8 Å². The molecule has 19 heavy (non-hydrogen) atoms. The van der Waals surface area contributed by atoms with Crippen molar-refractivity contribution in [1.29, 1.82) is 0 Å². The van der Waals surface area contributed by atoms with Gasteiger partial charge in [0, 0.05) is 11.1 Å². The molecule has 1 aliphatic carbocycles. The predicted octanol–water partition coefficient (Wildman–Crippen LogP) is 4.73. The molecule has 2 N–H and O–H groups in total. The van der Waals surface area contributed by atoms with E-state index in [1.165, 1.54) is 12.1 Å². The maximum atomic E-state index is 14.3. The van der Waals surface area contributed by atoms with E-state index in [0.717, 1.165) is 6.42 Å². The summed E-state index contributed by atoms with van der Waals surface area (Å²) in [5.41, 5.74) is 5.51. The number of hydrogen-bond donors (Lipinski definition) is 1. The van der Waals surface area contributed by atoms with Gasteiger partial charge in [0.25, 0.3) is 0 Å². The molecule has 0 aliphatic heterocycles. The third-order valence-corrected chi connectivity index (χ3v) is 4.56. The Kier molecular flexibility index (Phi) is 3.78. The minimum Gasteiger partial charge on any atom is -0.321 e. The normalized spacial score (nSPS) is 30.4. The second kappa shape index (κ2) is 4.81. The summed E-state index contributed by atoms with van der Waals surface area (Å²) in [5, 5.41) is 0. The van der Waals surface area contributed by atoms with Crippen LogP contribution in [0.25, 0.3) is 0 Å². The lowest BCUT2D eigenvalue weighted by molar-refractivity contribution is 0.102. The molecular formula is C15H20BrF2N. The van der Waals surface area contributed by atoms with E-state index < -0.39 is 17.2 Å². The highest BCUT2D eigenvalue weighted by Crippen LogP contribution is 2.48. The van der Waals surface area contributed by atoms with Gasteiger partial charge in [-0.2, -0.15) is 0 Å². The molecule has 4 heteroatoms. The van der Waals surface area contributed by atoms with E-state index in [4.69, 9.17) is 5.73 Å². The molecule has 1 aromatic rings. The van der Waals surface area contributed by atoms with Crippen LogP contribution < -0.4 is 5.73 Å². The first-order valence-corrected chi connectivity index (χ1v) is 7.37. The van der Waals surface area contributed by atoms with Crippen molar-refractivity contribution in [3.8, 4) is 0 Å². The lowest BCUT2D eigenvalue weighted by Crippen LogP contribution is -2.47. The fraction of sp³-hybridized carbons (Fsp3) is 0.600. The average Bonchev–Trinajstić information content (AvgIpc) is 2.20. The highest BCUT2D eigenvalue weighted by atomic mass is 79.9. The van der Waals surface area contributed by atoms with Gasteiger partial charge in [0.1, 0.15) is 11.6 Å². The topological polar surface area (TPSA) is 26.0 Å². The molecule has 1 saturated carbocycles. The Morgan fingerprint density at radius 2 is 1.89 bits per heavy atom. The molecule has 0 spiro atoms. The monoisotopic (exact) mass is 331 g/mol. The van der Waals surface area contributed by atoms with Crippen molar-refractivity contribution >= 4 is 15.9 Å². The summed E-state index contributed by atoms with van der Waals surface area (Å²) in [6.07, 6.45) is 2.23. The largest absolute Gasteiger partial charge is 0.321 e. The zero-order valence-corrected chi connectivity index (χ0v) is 13.2. The summed E-state index contributed by atoms with van der Waals surface area (Å²) in [6, 6.07) is 2.66. The third kappa shape index (κ3) is 2.84. The van der Waals surface area contributed by atoms with E-state index >= 15 is 0 Å². The second-order valence-electron chi connectivity index (χ2n) is 6.73. The molecule has 0 radical (unpaired) electrons. The number of hydrogen-bond acceptors (Lipinski definition) is 1. The van der Waals surface area contributed by atoms with E-state index in [1.807, 2.05) is 0 Å². The van der Waals surface area contributed by atoms with Crippen LogP contribution in [0.5, 0.6) is 0 Å². The van der Waals surface area contributed by atoms with Gasteiger partial charge in [0.2, 0.25) is 0 Å². The zero-order chi connectivity index (χ0) is 14.4. The van der Waals surface area contributed by atoms with Crippen molar-refractivity contribution in [2.45, 2.75) is 45.6 Å². The van der Waals surface area contributed by atoms with Gasteiger partial charge in [-0.3, -0.25) is 0 Å². The van der Waals surface area contributed by atoms with Crippen LogP contribution in [-0.2, 0) is 5.54 Å². The van der Waals surface area contributed by atoms with Crippen LogP contribution in [0, 0.1) is 23.0 Å². The third-order valence-electron chi connectivity index (χ3n) is 3.95. The smallest absolute Gasteiger partial charge is 0.145 e. The molecule has 2 unspecified atom stereocenters. The maximum Gasteiger partial charge on any atom is 0.145 e. The van der Waals surface area contributed by atoms with E-state index in [1.54, 1.807) is 0 Å². The summed E-state index contributed by atoms with van der Waals surface area (Å²) < 4.78 is 28.7. The SMILES string of the molecule is CC1CC(C)(C)CC(N)(c2c(F)ccc(Br)c2F)C1. The first-order chi connectivity index (χ1) is 8.65. The molecule has 0 saturated heterocycles. The summed E-state index contributed by atoms with van der Waals surface area (Å²) in [4.78, 5) is 0. The van der Waals surface area contributed by atoms with Crippen LogP contribution in [0.4, 0.5) is 8.78 Å². The fourth-order valence-electron chi connectivity index (χ4n) is 3.81. The molecule has 1 fully saturated rings.